The van der Waals surface area contributed by atoms with Gasteiger partial charge in [0.05, 0.1) is 0 Å². The number of amides is 1. The van der Waals surface area contributed by atoms with E-state index in [4.69, 9.17) is 5.73 Å². The van der Waals surface area contributed by atoms with Gasteiger partial charge in [-0.15, -0.1) is 0 Å². The standard InChI is InChI=1S/C12H14N2O.ClH/c1-9-11-5-3-2-4-10(11)6-7-14(9)8-12(13)15;/h2-5H,6-8H2,1H3,(H-,13,15);1H. The highest BCUT2D eigenvalue weighted by atomic mass is 35.5. The molecule has 1 aliphatic rings. The summed E-state index contributed by atoms with van der Waals surface area (Å²) in [6.45, 7) is 3.24. The number of carbonyl (C=O) groups is 1. The zero-order valence-corrected chi connectivity index (χ0v) is 10.00. The number of fused-ring (bicyclic) bond motifs is 1. The van der Waals surface area contributed by atoms with Gasteiger partial charge in [-0.05, 0) is 11.6 Å². The molecule has 86 valence electrons. The molecule has 1 aromatic rings. The summed E-state index contributed by atoms with van der Waals surface area (Å²) < 4.78 is 2.05. The maximum atomic E-state index is 10.9. The van der Waals surface area contributed by atoms with Crippen molar-refractivity contribution in [3.05, 3.63) is 35.4 Å². The van der Waals surface area contributed by atoms with Crippen LogP contribution in [0.15, 0.2) is 24.3 Å². The van der Waals surface area contributed by atoms with Gasteiger partial charge in [0.15, 0.2) is 5.71 Å². The van der Waals surface area contributed by atoms with Gasteiger partial charge in [0.1, 0.15) is 6.54 Å². The second-order valence-electron chi connectivity index (χ2n) is 3.88. The molecule has 0 fully saturated rings. The second kappa shape index (κ2) is 5.12. The van der Waals surface area contributed by atoms with Gasteiger partial charge in [-0.1, -0.05) is 18.2 Å². The van der Waals surface area contributed by atoms with E-state index in [0.29, 0.717) is 6.54 Å². The van der Waals surface area contributed by atoms with Crippen molar-refractivity contribution in [2.24, 2.45) is 5.73 Å². The Morgan fingerprint density at radius 2 is 2.12 bits per heavy atom. The lowest BCUT2D eigenvalue weighted by molar-refractivity contribution is -0.517. The molecular weight excluding hydrogens is 224 g/mol. The Morgan fingerprint density at radius 1 is 1.44 bits per heavy atom. The maximum Gasteiger partial charge on any atom is 0.282 e. The summed E-state index contributed by atoms with van der Waals surface area (Å²) in [4.78, 5) is 10.9. The van der Waals surface area contributed by atoms with Gasteiger partial charge in [-0.2, -0.15) is 0 Å². The zero-order valence-electron chi connectivity index (χ0n) is 9.24. The van der Waals surface area contributed by atoms with E-state index in [2.05, 4.69) is 18.2 Å². The van der Waals surface area contributed by atoms with E-state index in [1.807, 2.05) is 17.6 Å². The molecule has 0 spiro atoms. The summed E-state index contributed by atoms with van der Waals surface area (Å²) >= 11 is 0. The monoisotopic (exact) mass is 238 g/mol. The van der Waals surface area contributed by atoms with Crippen molar-refractivity contribution >= 4 is 11.6 Å². The normalized spacial score (nSPS) is 14.1. The summed E-state index contributed by atoms with van der Waals surface area (Å²) in [7, 11) is 0. The fourth-order valence-corrected chi connectivity index (χ4v) is 2.07. The van der Waals surface area contributed by atoms with E-state index in [9.17, 15) is 4.79 Å². The van der Waals surface area contributed by atoms with Crippen molar-refractivity contribution in [2.45, 2.75) is 13.3 Å². The number of carbonyl (C=O) groups excluding carboxylic acids is 1. The second-order valence-corrected chi connectivity index (χ2v) is 3.88. The maximum absolute atomic E-state index is 10.9. The number of nitrogens with two attached hydrogens (primary N) is 1. The van der Waals surface area contributed by atoms with E-state index in [0.717, 1.165) is 18.7 Å². The Labute approximate surface area is 101 Å². The highest BCUT2D eigenvalue weighted by Gasteiger charge is 2.22. The van der Waals surface area contributed by atoms with Crippen LogP contribution in [-0.4, -0.2) is 29.3 Å². The number of rotatable bonds is 2. The summed E-state index contributed by atoms with van der Waals surface area (Å²) in [6, 6.07) is 8.31. The Morgan fingerprint density at radius 3 is 2.81 bits per heavy atom. The van der Waals surface area contributed by atoms with Gasteiger partial charge >= 0.3 is 0 Å². The first kappa shape index (κ1) is 12.7. The van der Waals surface area contributed by atoms with Crippen LogP contribution in [0.1, 0.15) is 18.1 Å². The topological polar surface area (TPSA) is 46.1 Å². The molecule has 3 nitrogen and oxygen atoms in total. The van der Waals surface area contributed by atoms with Crippen molar-refractivity contribution in [1.29, 1.82) is 0 Å². The minimum absolute atomic E-state index is 0. The minimum Gasteiger partial charge on any atom is -1.00 e. The molecule has 0 radical (unpaired) electrons. The molecule has 0 saturated carbocycles. The SMILES string of the molecule is CC1=[N+](CC(N)=O)CCc2ccccc21.[Cl-]. The van der Waals surface area contributed by atoms with Crippen LogP contribution in [0, 0.1) is 0 Å². The molecule has 0 unspecified atom stereocenters. The minimum atomic E-state index is -0.270. The lowest BCUT2D eigenvalue weighted by atomic mass is 9.98. The van der Waals surface area contributed by atoms with Gasteiger partial charge in [-0.25, -0.2) is 4.58 Å². The fraction of sp³-hybridized carbons (Fsp3) is 0.333. The third-order valence-electron chi connectivity index (χ3n) is 2.88. The van der Waals surface area contributed by atoms with Crippen LogP contribution >= 0.6 is 0 Å². The van der Waals surface area contributed by atoms with Gasteiger partial charge in [0.2, 0.25) is 6.54 Å². The third kappa shape index (κ3) is 2.42. The average molecular weight is 239 g/mol. The lowest BCUT2D eigenvalue weighted by Gasteiger charge is -2.15. The van der Waals surface area contributed by atoms with Gasteiger partial charge < -0.3 is 18.1 Å². The highest BCUT2D eigenvalue weighted by Crippen LogP contribution is 2.15. The smallest absolute Gasteiger partial charge is 0.282 e. The van der Waals surface area contributed by atoms with E-state index in [1.165, 1.54) is 11.1 Å². The summed E-state index contributed by atoms with van der Waals surface area (Å²) in [5.41, 5.74) is 8.96. The first-order valence-electron chi connectivity index (χ1n) is 5.13. The number of primary amides is 1. The van der Waals surface area contributed by atoms with Crippen molar-refractivity contribution < 1.29 is 21.8 Å². The molecular formula is C12H15ClN2O. The largest absolute Gasteiger partial charge is 1.00 e. The average Bonchev–Trinajstić information content (AvgIpc) is 2.22. The van der Waals surface area contributed by atoms with E-state index in [-0.39, 0.29) is 18.3 Å². The van der Waals surface area contributed by atoms with E-state index >= 15 is 0 Å². The molecule has 1 heterocycles. The molecule has 1 aliphatic heterocycles. The lowest BCUT2D eigenvalue weighted by Crippen LogP contribution is -3.00. The number of nitrogens with zero attached hydrogens (tertiary/aromatic N) is 1. The molecule has 1 aromatic carbocycles. The Balaban J connectivity index is 0.00000128. The quantitative estimate of drug-likeness (QED) is 0.572. The Bertz CT molecular complexity index is 440. The molecule has 2 N–H and O–H groups in total. The van der Waals surface area contributed by atoms with E-state index in [1.54, 1.807) is 0 Å². The summed E-state index contributed by atoms with van der Waals surface area (Å²) in [6.07, 6.45) is 0.987. The van der Waals surface area contributed by atoms with Crippen molar-refractivity contribution in [2.75, 3.05) is 13.1 Å². The van der Waals surface area contributed by atoms with Gasteiger partial charge in [-0.3, -0.25) is 4.79 Å². The summed E-state index contributed by atoms with van der Waals surface area (Å²) in [5.74, 6) is -0.270. The van der Waals surface area contributed by atoms with Crippen LogP contribution in [0.3, 0.4) is 0 Å². The predicted molar refractivity (Wildman–Crippen MR) is 59.1 cm³/mol. The van der Waals surface area contributed by atoms with Crippen LogP contribution in [0.5, 0.6) is 0 Å². The number of hydrogen-bond donors (Lipinski definition) is 1. The Kier molecular flexibility index (Phi) is 4.07. The molecule has 0 bridgehead atoms. The summed E-state index contributed by atoms with van der Waals surface area (Å²) in [5, 5.41) is 0. The number of halogens is 1. The fourth-order valence-electron chi connectivity index (χ4n) is 2.07. The van der Waals surface area contributed by atoms with Crippen molar-refractivity contribution in [3.63, 3.8) is 0 Å². The van der Waals surface area contributed by atoms with Crippen LogP contribution in [0.4, 0.5) is 0 Å². The molecule has 16 heavy (non-hydrogen) atoms. The first-order valence-corrected chi connectivity index (χ1v) is 5.13. The molecule has 1 amide bonds. The zero-order chi connectivity index (χ0) is 10.8. The number of benzene rings is 1. The Hall–Kier alpha value is -1.35. The van der Waals surface area contributed by atoms with Crippen LogP contribution in [0.2, 0.25) is 0 Å². The highest BCUT2D eigenvalue weighted by molar-refractivity contribution is 5.97. The molecule has 2 rings (SSSR count). The van der Waals surface area contributed by atoms with E-state index < -0.39 is 0 Å². The molecule has 0 atom stereocenters. The van der Waals surface area contributed by atoms with Crippen molar-refractivity contribution in [1.82, 2.24) is 0 Å². The molecule has 0 aromatic heterocycles. The van der Waals surface area contributed by atoms with Crippen LogP contribution in [-0.2, 0) is 11.2 Å². The molecule has 0 saturated heterocycles. The molecule has 0 aliphatic carbocycles. The van der Waals surface area contributed by atoms with Gasteiger partial charge in [0.25, 0.3) is 5.91 Å². The van der Waals surface area contributed by atoms with Crippen LogP contribution in [0.25, 0.3) is 0 Å². The van der Waals surface area contributed by atoms with Crippen molar-refractivity contribution in [3.8, 4) is 0 Å². The van der Waals surface area contributed by atoms with Gasteiger partial charge in [0, 0.05) is 18.9 Å². The number of hydrogen-bond acceptors (Lipinski definition) is 1. The predicted octanol–water partition coefficient (Wildman–Crippen LogP) is -2.45. The van der Waals surface area contributed by atoms with Crippen LogP contribution < -0.4 is 18.1 Å². The third-order valence-corrected chi connectivity index (χ3v) is 2.88. The molecule has 4 heteroatoms. The first-order chi connectivity index (χ1) is 7.18.